The van der Waals surface area contributed by atoms with Crippen LogP contribution in [0.1, 0.15) is 23.2 Å². The number of carbonyl (C=O) groups is 2. The third kappa shape index (κ3) is 4.43. The summed E-state index contributed by atoms with van der Waals surface area (Å²) < 4.78 is 5.37. The van der Waals surface area contributed by atoms with Gasteiger partial charge in [0.2, 0.25) is 0 Å². The fourth-order valence-electron chi connectivity index (χ4n) is 2.79. The van der Waals surface area contributed by atoms with Crippen molar-refractivity contribution in [2.45, 2.75) is 18.9 Å². The molecule has 0 aliphatic carbocycles. The smallest absolute Gasteiger partial charge is 0.254 e. The van der Waals surface area contributed by atoms with E-state index in [1.807, 2.05) is 4.90 Å². The Morgan fingerprint density at radius 1 is 1.26 bits per heavy atom. The van der Waals surface area contributed by atoms with E-state index in [0.29, 0.717) is 30.9 Å². The van der Waals surface area contributed by atoms with Crippen LogP contribution >= 0.6 is 12.4 Å². The lowest BCUT2D eigenvalue weighted by atomic mass is 10.1. The summed E-state index contributed by atoms with van der Waals surface area (Å²) in [7, 11) is 0. The summed E-state index contributed by atoms with van der Waals surface area (Å²) in [4.78, 5) is 26.3. The number of hydrogen-bond acceptors (Lipinski definition) is 4. The summed E-state index contributed by atoms with van der Waals surface area (Å²) in [6, 6.07) is 7.10. The molecule has 1 aromatic rings. The van der Waals surface area contributed by atoms with Gasteiger partial charge in [0.05, 0.1) is 0 Å². The molecule has 2 aliphatic rings. The average molecular weight is 340 g/mol. The van der Waals surface area contributed by atoms with Crippen LogP contribution < -0.4 is 10.6 Å². The Bertz CT molecular complexity index is 555. The minimum Gasteiger partial charge on any atom is -0.368 e. The van der Waals surface area contributed by atoms with E-state index in [-0.39, 0.29) is 30.3 Å². The van der Waals surface area contributed by atoms with E-state index in [9.17, 15) is 9.59 Å². The van der Waals surface area contributed by atoms with Gasteiger partial charge in [-0.2, -0.15) is 0 Å². The van der Waals surface area contributed by atoms with Gasteiger partial charge in [-0.1, -0.05) is 6.07 Å². The number of carbonyl (C=O) groups excluding carboxylic acids is 2. The van der Waals surface area contributed by atoms with E-state index >= 15 is 0 Å². The Hall–Kier alpha value is -1.63. The van der Waals surface area contributed by atoms with Crippen molar-refractivity contribution in [3.63, 3.8) is 0 Å². The Morgan fingerprint density at radius 2 is 2.04 bits per heavy atom. The molecule has 23 heavy (non-hydrogen) atoms. The van der Waals surface area contributed by atoms with E-state index in [4.69, 9.17) is 4.74 Å². The molecule has 126 valence electrons. The quantitative estimate of drug-likeness (QED) is 0.870. The molecule has 0 spiro atoms. The van der Waals surface area contributed by atoms with Crippen molar-refractivity contribution in [3.8, 4) is 0 Å². The molecule has 2 fully saturated rings. The minimum absolute atomic E-state index is 0. The molecule has 2 amide bonds. The van der Waals surface area contributed by atoms with Crippen LogP contribution in [-0.4, -0.2) is 55.6 Å². The predicted octanol–water partition coefficient (Wildman–Crippen LogP) is 1.27. The van der Waals surface area contributed by atoms with Crippen molar-refractivity contribution >= 4 is 29.9 Å². The SMILES string of the molecule is Cl.O=C(Nc1cccc(C(=O)N2CCNCC2)c1)C1CCCO1. The Kier molecular flexibility index (Phi) is 6.38. The molecule has 2 N–H and O–H groups in total. The number of benzene rings is 1. The van der Waals surface area contributed by atoms with Gasteiger partial charge in [0.15, 0.2) is 0 Å². The number of nitrogens with zero attached hydrogens (tertiary/aromatic N) is 1. The third-order valence-corrected chi connectivity index (χ3v) is 4.00. The summed E-state index contributed by atoms with van der Waals surface area (Å²) in [5, 5.41) is 6.06. The number of anilines is 1. The molecule has 7 heteroatoms. The molecule has 0 radical (unpaired) electrons. The Morgan fingerprint density at radius 3 is 2.74 bits per heavy atom. The molecule has 2 saturated heterocycles. The number of piperazine rings is 1. The number of nitrogens with one attached hydrogen (secondary N) is 2. The molecule has 0 saturated carbocycles. The van der Waals surface area contributed by atoms with Crippen LogP contribution in [0.3, 0.4) is 0 Å². The van der Waals surface area contributed by atoms with Crippen LogP contribution in [0.5, 0.6) is 0 Å². The fraction of sp³-hybridized carbons (Fsp3) is 0.500. The molecule has 2 heterocycles. The normalized spacial score (nSPS) is 20.7. The maximum Gasteiger partial charge on any atom is 0.254 e. The minimum atomic E-state index is -0.368. The zero-order valence-corrected chi connectivity index (χ0v) is 13.7. The predicted molar refractivity (Wildman–Crippen MR) is 90.1 cm³/mol. The lowest BCUT2D eigenvalue weighted by Crippen LogP contribution is -2.46. The molecule has 2 aliphatic heterocycles. The maximum absolute atomic E-state index is 12.5. The summed E-state index contributed by atoms with van der Waals surface area (Å²) in [5.74, 6) is -0.126. The average Bonchev–Trinajstić information content (AvgIpc) is 3.10. The van der Waals surface area contributed by atoms with Crippen molar-refractivity contribution < 1.29 is 14.3 Å². The first-order chi connectivity index (χ1) is 10.7. The Balaban J connectivity index is 0.00000192. The maximum atomic E-state index is 12.5. The highest BCUT2D eigenvalue weighted by atomic mass is 35.5. The molecular weight excluding hydrogens is 318 g/mol. The molecule has 0 bridgehead atoms. The second kappa shape index (κ2) is 8.29. The molecule has 6 nitrogen and oxygen atoms in total. The monoisotopic (exact) mass is 339 g/mol. The van der Waals surface area contributed by atoms with Gasteiger partial charge in [-0.3, -0.25) is 9.59 Å². The van der Waals surface area contributed by atoms with Crippen LogP contribution in [0.2, 0.25) is 0 Å². The van der Waals surface area contributed by atoms with Crippen LogP contribution in [0.4, 0.5) is 5.69 Å². The molecule has 0 aromatic heterocycles. The van der Waals surface area contributed by atoms with Gasteiger partial charge in [0.25, 0.3) is 11.8 Å². The van der Waals surface area contributed by atoms with Crippen LogP contribution in [-0.2, 0) is 9.53 Å². The zero-order chi connectivity index (χ0) is 15.4. The second-order valence-electron chi connectivity index (χ2n) is 5.61. The third-order valence-electron chi connectivity index (χ3n) is 4.00. The van der Waals surface area contributed by atoms with Gasteiger partial charge < -0.3 is 20.3 Å². The number of rotatable bonds is 3. The number of halogens is 1. The number of amides is 2. The Labute approximate surface area is 142 Å². The molecule has 1 aromatic carbocycles. The van der Waals surface area contributed by atoms with Crippen molar-refractivity contribution in [3.05, 3.63) is 29.8 Å². The highest BCUT2D eigenvalue weighted by Crippen LogP contribution is 2.17. The highest BCUT2D eigenvalue weighted by Gasteiger charge is 2.24. The van der Waals surface area contributed by atoms with Gasteiger partial charge in [-0.05, 0) is 31.0 Å². The van der Waals surface area contributed by atoms with Crippen LogP contribution in [0.25, 0.3) is 0 Å². The number of ether oxygens (including phenoxy) is 1. The largest absolute Gasteiger partial charge is 0.368 e. The van der Waals surface area contributed by atoms with Crippen LogP contribution in [0, 0.1) is 0 Å². The van der Waals surface area contributed by atoms with Crippen molar-refractivity contribution in [1.82, 2.24) is 10.2 Å². The van der Waals surface area contributed by atoms with E-state index in [2.05, 4.69) is 10.6 Å². The van der Waals surface area contributed by atoms with E-state index in [1.54, 1.807) is 24.3 Å². The molecule has 1 atom stereocenters. The van der Waals surface area contributed by atoms with E-state index < -0.39 is 0 Å². The van der Waals surface area contributed by atoms with Gasteiger partial charge in [0.1, 0.15) is 6.10 Å². The highest BCUT2D eigenvalue weighted by molar-refractivity contribution is 5.98. The van der Waals surface area contributed by atoms with Crippen LogP contribution in [0.15, 0.2) is 24.3 Å². The summed E-state index contributed by atoms with van der Waals surface area (Å²) in [5.41, 5.74) is 1.24. The first-order valence-corrected chi connectivity index (χ1v) is 7.76. The first-order valence-electron chi connectivity index (χ1n) is 7.76. The number of hydrogen-bond donors (Lipinski definition) is 2. The lowest BCUT2D eigenvalue weighted by Gasteiger charge is -2.27. The second-order valence-corrected chi connectivity index (χ2v) is 5.61. The topological polar surface area (TPSA) is 70.7 Å². The van der Waals surface area contributed by atoms with Crippen molar-refractivity contribution in [2.24, 2.45) is 0 Å². The van der Waals surface area contributed by atoms with Gasteiger partial charge in [-0.15, -0.1) is 12.4 Å². The standard InChI is InChI=1S/C16H21N3O3.ClH/c20-15(14-5-2-10-22-14)18-13-4-1-3-12(11-13)16(21)19-8-6-17-7-9-19;/h1,3-4,11,14,17H,2,5-10H2,(H,18,20);1H. The zero-order valence-electron chi connectivity index (χ0n) is 12.9. The molecule has 3 rings (SSSR count). The summed E-state index contributed by atoms with van der Waals surface area (Å²) in [6.07, 6.45) is 1.30. The fourth-order valence-corrected chi connectivity index (χ4v) is 2.79. The lowest BCUT2D eigenvalue weighted by molar-refractivity contribution is -0.124. The molecular formula is C16H22ClN3O3. The van der Waals surface area contributed by atoms with Gasteiger partial charge in [0, 0.05) is 44.0 Å². The van der Waals surface area contributed by atoms with E-state index in [1.165, 1.54) is 0 Å². The van der Waals surface area contributed by atoms with Crippen molar-refractivity contribution in [1.29, 1.82) is 0 Å². The van der Waals surface area contributed by atoms with Gasteiger partial charge in [-0.25, -0.2) is 0 Å². The summed E-state index contributed by atoms with van der Waals surface area (Å²) in [6.45, 7) is 3.71. The molecule has 1 unspecified atom stereocenters. The van der Waals surface area contributed by atoms with Gasteiger partial charge >= 0.3 is 0 Å². The van der Waals surface area contributed by atoms with E-state index in [0.717, 1.165) is 25.9 Å². The summed E-state index contributed by atoms with van der Waals surface area (Å²) >= 11 is 0. The van der Waals surface area contributed by atoms with Crippen molar-refractivity contribution in [2.75, 3.05) is 38.1 Å². The first kappa shape index (κ1) is 17.7.